The summed E-state index contributed by atoms with van der Waals surface area (Å²) in [6.45, 7) is 4.33. The second kappa shape index (κ2) is 5.79. The largest absolute Gasteiger partial charge is 0.356 e. The Morgan fingerprint density at radius 3 is 2.71 bits per heavy atom. The number of sulfone groups is 1. The molecule has 0 aliphatic carbocycles. The summed E-state index contributed by atoms with van der Waals surface area (Å²) < 4.78 is 23.0. The SMILES string of the molecule is CC1CCN(c2ccnc(NC3CCS(=O)(=O)C3)n2)CC1. The molecule has 0 amide bonds. The van der Waals surface area contributed by atoms with Crippen LogP contribution in [-0.2, 0) is 9.84 Å². The van der Waals surface area contributed by atoms with Crippen LogP contribution in [0.2, 0.25) is 0 Å². The van der Waals surface area contributed by atoms with Crippen molar-refractivity contribution in [2.45, 2.75) is 32.2 Å². The van der Waals surface area contributed by atoms with Crippen LogP contribution >= 0.6 is 0 Å². The monoisotopic (exact) mass is 310 g/mol. The van der Waals surface area contributed by atoms with Gasteiger partial charge in [0.05, 0.1) is 11.5 Å². The van der Waals surface area contributed by atoms with Gasteiger partial charge in [0.2, 0.25) is 5.95 Å². The van der Waals surface area contributed by atoms with E-state index in [1.165, 1.54) is 12.8 Å². The van der Waals surface area contributed by atoms with Gasteiger partial charge in [0.15, 0.2) is 9.84 Å². The van der Waals surface area contributed by atoms with Gasteiger partial charge in [-0.2, -0.15) is 4.98 Å². The molecule has 2 fully saturated rings. The lowest BCUT2D eigenvalue weighted by atomic mass is 9.99. The third-order valence-corrected chi connectivity index (χ3v) is 6.08. The molecule has 1 unspecified atom stereocenters. The van der Waals surface area contributed by atoms with Crippen molar-refractivity contribution >= 4 is 21.6 Å². The molecule has 3 heterocycles. The van der Waals surface area contributed by atoms with Gasteiger partial charge in [0.1, 0.15) is 5.82 Å². The number of hydrogen-bond donors (Lipinski definition) is 1. The summed E-state index contributed by atoms with van der Waals surface area (Å²) in [5.74, 6) is 2.69. The first-order chi connectivity index (χ1) is 10.0. The summed E-state index contributed by atoms with van der Waals surface area (Å²) in [5.41, 5.74) is 0. The van der Waals surface area contributed by atoms with E-state index in [2.05, 4.69) is 27.1 Å². The van der Waals surface area contributed by atoms with Crippen LogP contribution in [0.4, 0.5) is 11.8 Å². The molecule has 116 valence electrons. The van der Waals surface area contributed by atoms with Crippen LogP contribution in [-0.4, -0.2) is 49.0 Å². The summed E-state index contributed by atoms with van der Waals surface area (Å²) in [4.78, 5) is 11.0. The molecule has 2 aliphatic rings. The van der Waals surface area contributed by atoms with Crippen LogP contribution in [0, 0.1) is 5.92 Å². The van der Waals surface area contributed by atoms with Gasteiger partial charge in [-0.15, -0.1) is 0 Å². The summed E-state index contributed by atoms with van der Waals surface area (Å²) in [6, 6.07) is 1.86. The van der Waals surface area contributed by atoms with Gasteiger partial charge in [0.25, 0.3) is 0 Å². The molecule has 1 aromatic rings. The highest BCUT2D eigenvalue weighted by molar-refractivity contribution is 7.91. The summed E-state index contributed by atoms with van der Waals surface area (Å²) in [7, 11) is -2.88. The van der Waals surface area contributed by atoms with Crippen LogP contribution in [0.5, 0.6) is 0 Å². The average molecular weight is 310 g/mol. The van der Waals surface area contributed by atoms with Crippen molar-refractivity contribution in [1.82, 2.24) is 9.97 Å². The third-order valence-electron chi connectivity index (χ3n) is 4.31. The molecule has 0 bridgehead atoms. The van der Waals surface area contributed by atoms with Crippen LogP contribution in [0.1, 0.15) is 26.2 Å². The molecule has 21 heavy (non-hydrogen) atoms. The summed E-state index contributed by atoms with van der Waals surface area (Å²) in [6.07, 6.45) is 4.75. The smallest absolute Gasteiger partial charge is 0.224 e. The zero-order valence-electron chi connectivity index (χ0n) is 12.3. The zero-order valence-corrected chi connectivity index (χ0v) is 13.1. The predicted molar refractivity (Wildman–Crippen MR) is 83.3 cm³/mol. The maximum Gasteiger partial charge on any atom is 0.224 e. The van der Waals surface area contributed by atoms with Crippen molar-refractivity contribution in [2.75, 3.05) is 34.8 Å². The van der Waals surface area contributed by atoms with Crippen molar-refractivity contribution in [3.8, 4) is 0 Å². The number of rotatable bonds is 3. The van der Waals surface area contributed by atoms with Gasteiger partial charge in [-0.3, -0.25) is 0 Å². The molecular formula is C14H22N4O2S. The number of anilines is 2. The molecule has 6 nitrogen and oxygen atoms in total. The number of nitrogens with zero attached hydrogens (tertiary/aromatic N) is 3. The third kappa shape index (κ3) is 3.64. The first kappa shape index (κ1) is 14.6. The Hall–Kier alpha value is -1.37. The van der Waals surface area contributed by atoms with Crippen molar-refractivity contribution in [1.29, 1.82) is 0 Å². The van der Waals surface area contributed by atoms with Crippen molar-refractivity contribution in [3.63, 3.8) is 0 Å². The van der Waals surface area contributed by atoms with Crippen molar-refractivity contribution in [2.24, 2.45) is 5.92 Å². The second-order valence-corrected chi connectivity index (χ2v) is 8.38. The molecule has 1 N–H and O–H groups in total. The molecule has 2 aliphatic heterocycles. The fourth-order valence-corrected chi connectivity index (χ4v) is 4.60. The minimum atomic E-state index is -2.88. The normalized spacial score (nSPS) is 26.0. The van der Waals surface area contributed by atoms with E-state index in [9.17, 15) is 8.42 Å². The van der Waals surface area contributed by atoms with Gasteiger partial charge < -0.3 is 10.2 Å². The molecule has 3 rings (SSSR count). The Kier molecular flexibility index (Phi) is 4.01. The van der Waals surface area contributed by atoms with Crippen LogP contribution in [0.25, 0.3) is 0 Å². The Morgan fingerprint density at radius 2 is 2.05 bits per heavy atom. The number of aromatic nitrogens is 2. The van der Waals surface area contributed by atoms with Gasteiger partial charge in [0, 0.05) is 25.3 Å². The average Bonchev–Trinajstić information content (AvgIpc) is 2.79. The highest BCUT2D eigenvalue weighted by Crippen LogP contribution is 2.22. The van der Waals surface area contributed by atoms with E-state index in [1.807, 2.05) is 6.07 Å². The van der Waals surface area contributed by atoms with E-state index < -0.39 is 9.84 Å². The Balaban J connectivity index is 1.66. The Morgan fingerprint density at radius 1 is 1.29 bits per heavy atom. The summed E-state index contributed by atoms with van der Waals surface area (Å²) >= 11 is 0. The minimum absolute atomic E-state index is 0.0633. The van der Waals surface area contributed by atoms with Crippen LogP contribution in [0.15, 0.2) is 12.3 Å². The highest BCUT2D eigenvalue weighted by Gasteiger charge is 2.28. The van der Waals surface area contributed by atoms with Crippen LogP contribution in [0.3, 0.4) is 0 Å². The van der Waals surface area contributed by atoms with E-state index in [4.69, 9.17) is 0 Å². The predicted octanol–water partition coefficient (Wildman–Crippen LogP) is 1.31. The first-order valence-corrected chi connectivity index (χ1v) is 9.39. The molecule has 0 spiro atoms. The molecule has 1 aromatic heterocycles. The van der Waals surface area contributed by atoms with Crippen molar-refractivity contribution < 1.29 is 8.42 Å². The second-order valence-electron chi connectivity index (χ2n) is 6.15. The fraction of sp³-hybridized carbons (Fsp3) is 0.714. The fourth-order valence-electron chi connectivity index (χ4n) is 2.92. The van der Waals surface area contributed by atoms with Gasteiger partial charge in [-0.05, 0) is 31.2 Å². The number of piperidine rings is 1. The maximum atomic E-state index is 11.5. The van der Waals surface area contributed by atoms with E-state index in [0.29, 0.717) is 12.4 Å². The van der Waals surface area contributed by atoms with Gasteiger partial charge >= 0.3 is 0 Å². The summed E-state index contributed by atoms with van der Waals surface area (Å²) in [5, 5.41) is 3.16. The van der Waals surface area contributed by atoms with E-state index in [1.54, 1.807) is 6.20 Å². The molecule has 0 aromatic carbocycles. The topological polar surface area (TPSA) is 75.2 Å². The molecule has 2 saturated heterocycles. The van der Waals surface area contributed by atoms with E-state index in [-0.39, 0.29) is 17.5 Å². The molecule has 0 radical (unpaired) electrons. The quantitative estimate of drug-likeness (QED) is 0.907. The minimum Gasteiger partial charge on any atom is -0.356 e. The van der Waals surface area contributed by atoms with E-state index >= 15 is 0 Å². The Bertz CT molecular complexity index is 597. The zero-order chi connectivity index (χ0) is 14.9. The standard InChI is InChI=1S/C14H22N4O2S/c1-11-3-7-18(8-4-11)13-2-6-15-14(17-13)16-12-5-9-21(19,20)10-12/h2,6,11-12H,3-5,7-10H2,1H3,(H,15,16,17). The lowest BCUT2D eigenvalue weighted by molar-refractivity contribution is 0.436. The first-order valence-electron chi connectivity index (χ1n) is 7.57. The molecule has 1 atom stereocenters. The highest BCUT2D eigenvalue weighted by atomic mass is 32.2. The van der Waals surface area contributed by atoms with Gasteiger partial charge in [-0.25, -0.2) is 13.4 Å². The van der Waals surface area contributed by atoms with Gasteiger partial charge in [-0.1, -0.05) is 6.92 Å². The lowest BCUT2D eigenvalue weighted by Crippen LogP contribution is -2.33. The maximum absolute atomic E-state index is 11.5. The van der Waals surface area contributed by atoms with E-state index in [0.717, 1.165) is 24.8 Å². The Labute approximate surface area is 125 Å². The molecular weight excluding hydrogens is 288 g/mol. The van der Waals surface area contributed by atoms with Crippen molar-refractivity contribution in [3.05, 3.63) is 12.3 Å². The molecule has 7 heteroatoms. The van der Waals surface area contributed by atoms with Crippen LogP contribution < -0.4 is 10.2 Å². The number of nitrogens with one attached hydrogen (secondary N) is 1. The number of hydrogen-bond acceptors (Lipinski definition) is 6. The lowest BCUT2D eigenvalue weighted by Gasteiger charge is -2.31. The molecule has 0 saturated carbocycles.